The van der Waals surface area contributed by atoms with Gasteiger partial charge in [-0.15, -0.1) is 0 Å². The van der Waals surface area contributed by atoms with E-state index in [1.165, 1.54) is 19.3 Å². The summed E-state index contributed by atoms with van der Waals surface area (Å²) in [4.78, 5) is 0. The monoisotopic (exact) mass is 227 g/mol. The van der Waals surface area contributed by atoms with Crippen molar-refractivity contribution in [3.8, 4) is 0 Å². The second-order valence-corrected chi connectivity index (χ2v) is 5.48. The van der Waals surface area contributed by atoms with Crippen molar-refractivity contribution in [3.05, 3.63) is 0 Å². The summed E-state index contributed by atoms with van der Waals surface area (Å²) in [6.45, 7) is 0.878. The van der Waals surface area contributed by atoms with Crippen LogP contribution in [0.15, 0.2) is 0 Å². The van der Waals surface area contributed by atoms with Crippen LogP contribution < -0.4 is 5.32 Å². The molecule has 94 valence electrons. The molecule has 2 fully saturated rings. The standard InChI is InChI=1S/C13H25NO2/c15-12-7-3-1-5-10(12)9-14-11-6-2-4-8-13(11)16/h10-16H,1-9H2/t10?,11-,12?,13-/m0/s1. The molecule has 0 spiro atoms. The van der Waals surface area contributed by atoms with Crippen molar-refractivity contribution in [3.63, 3.8) is 0 Å². The number of aliphatic hydroxyl groups excluding tert-OH is 2. The molecule has 2 unspecified atom stereocenters. The minimum absolute atomic E-state index is 0.123. The lowest BCUT2D eigenvalue weighted by Crippen LogP contribution is -2.46. The predicted molar refractivity (Wildman–Crippen MR) is 64.2 cm³/mol. The average molecular weight is 227 g/mol. The van der Waals surface area contributed by atoms with Crippen LogP contribution in [0.1, 0.15) is 51.4 Å². The highest BCUT2D eigenvalue weighted by Gasteiger charge is 2.26. The van der Waals surface area contributed by atoms with Gasteiger partial charge in [0.15, 0.2) is 0 Å². The molecule has 3 N–H and O–H groups in total. The first-order chi connectivity index (χ1) is 7.77. The quantitative estimate of drug-likeness (QED) is 0.683. The van der Waals surface area contributed by atoms with Gasteiger partial charge in [0.1, 0.15) is 0 Å². The van der Waals surface area contributed by atoms with E-state index in [0.717, 1.165) is 38.6 Å². The van der Waals surface area contributed by atoms with Gasteiger partial charge < -0.3 is 15.5 Å². The Morgan fingerprint density at radius 1 is 0.812 bits per heavy atom. The van der Waals surface area contributed by atoms with Gasteiger partial charge in [-0.05, 0) is 31.6 Å². The largest absolute Gasteiger partial charge is 0.393 e. The molecule has 0 saturated heterocycles. The predicted octanol–water partition coefficient (Wildman–Crippen LogP) is 1.43. The topological polar surface area (TPSA) is 52.5 Å². The van der Waals surface area contributed by atoms with Crippen molar-refractivity contribution in [2.24, 2.45) is 5.92 Å². The van der Waals surface area contributed by atoms with Crippen molar-refractivity contribution in [1.82, 2.24) is 5.32 Å². The van der Waals surface area contributed by atoms with Crippen molar-refractivity contribution in [2.45, 2.75) is 69.6 Å². The van der Waals surface area contributed by atoms with Gasteiger partial charge in [0, 0.05) is 12.6 Å². The summed E-state index contributed by atoms with van der Waals surface area (Å²) in [6.07, 6.45) is 8.62. The zero-order valence-corrected chi connectivity index (χ0v) is 10.1. The fraction of sp³-hybridized carbons (Fsp3) is 1.00. The molecule has 4 atom stereocenters. The fourth-order valence-electron chi connectivity index (χ4n) is 3.08. The van der Waals surface area contributed by atoms with Gasteiger partial charge in [0.05, 0.1) is 12.2 Å². The van der Waals surface area contributed by atoms with Crippen molar-refractivity contribution < 1.29 is 10.2 Å². The van der Waals surface area contributed by atoms with Crippen LogP contribution in [0.2, 0.25) is 0 Å². The molecule has 0 amide bonds. The Balaban J connectivity index is 1.72. The van der Waals surface area contributed by atoms with Crippen LogP contribution in [0.4, 0.5) is 0 Å². The van der Waals surface area contributed by atoms with Crippen LogP contribution in [-0.2, 0) is 0 Å². The second kappa shape index (κ2) is 5.99. The maximum Gasteiger partial charge on any atom is 0.0693 e. The summed E-state index contributed by atoms with van der Waals surface area (Å²) < 4.78 is 0. The SMILES string of the molecule is OC1CCCCC1CN[C@H]1CCCC[C@@H]1O. The molecule has 0 aromatic rings. The van der Waals surface area contributed by atoms with E-state index in [-0.39, 0.29) is 18.2 Å². The molecule has 2 rings (SSSR count). The highest BCUT2D eigenvalue weighted by molar-refractivity contribution is 4.83. The minimum atomic E-state index is -0.172. The van der Waals surface area contributed by atoms with Gasteiger partial charge in [-0.1, -0.05) is 25.7 Å². The van der Waals surface area contributed by atoms with Gasteiger partial charge >= 0.3 is 0 Å². The van der Waals surface area contributed by atoms with Gasteiger partial charge in [-0.2, -0.15) is 0 Å². The Morgan fingerprint density at radius 3 is 2.12 bits per heavy atom. The van der Waals surface area contributed by atoms with Gasteiger partial charge in [0.25, 0.3) is 0 Å². The van der Waals surface area contributed by atoms with Crippen LogP contribution in [0.5, 0.6) is 0 Å². The smallest absolute Gasteiger partial charge is 0.0693 e. The third-order valence-electron chi connectivity index (χ3n) is 4.24. The van der Waals surface area contributed by atoms with Crippen LogP contribution in [0, 0.1) is 5.92 Å². The van der Waals surface area contributed by atoms with Crippen LogP contribution in [0.25, 0.3) is 0 Å². The number of hydrogen-bond donors (Lipinski definition) is 3. The highest BCUT2D eigenvalue weighted by Crippen LogP contribution is 2.25. The first-order valence-corrected chi connectivity index (χ1v) is 6.87. The number of nitrogens with one attached hydrogen (secondary N) is 1. The van der Waals surface area contributed by atoms with E-state index in [9.17, 15) is 10.2 Å². The third-order valence-corrected chi connectivity index (χ3v) is 4.24. The Hall–Kier alpha value is -0.120. The molecule has 0 aromatic heterocycles. The summed E-state index contributed by atoms with van der Waals surface area (Å²) in [5, 5.41) is 23.2. The summed E-state index contributed by atoms with van der Waals surface area (Å²) in [5.41, 5.74) is 0. The summed E-state index contributed by atoms with van der Waals surface area (Å²) in [5.74, 6) is 0.405. The van der Waals surface area contributed by atoms with E-state index in [1.807, 2.05) is 0 Å². The van der Waals surface area contributed by atoms with Crippen LogP contribution in [0.3, 0.4) is 0 Å². The van der Waals surface area contributed by atoms with E-state index in [2.05, 4.69) is 5.32 Å². The van der Waals surface area contributed by atoms with E-state index in [1.54, 1.807) is 0 Å². The zero-order valence-electron chi connectivity index (χ0n) is 10.1. The zero-order chi connectivity index (χ0) is 11.4. The lowest BCUT2D eigenvalue weighted by Gasteiger charge is -2.33. The molecular formula is C13H25NO2. The van der Waals surface area contributed by atoms with Crippen LogP contribution in [-0.4, -0.2) is 35.0 Å². The lowest BCUT2D eigenvalue weighted by molar-refractivity contribution is 0.0529. The first kappa shape index (κ1) is 12.3. The Kier molecular flexibility index (Phi) is 4.62. The highest BCUT2D eigenvalue weighted by atomic mass is 16.3. The maximum atomic E-state index is 9.86. The van der Waals surface area contributed by atoms with Crippen molar-refractivity contribution in [1.29, 1.82) is 0 Å². The second-order valence-electron chi connectivity index (χ2n) is 5.48. The molecular weight excluding hydrogens is 202 g/mol. The number of hydrogen-bond acceptors (Lipinski definition) is 3. The normalized spacial score (nSPS) is 40.9. The fourth-order valence-corrected chi connectivity index (χ4v) is 3.08. The summed E-state index contributed by atoms with van der Waals surface area (Å²) >= 11 is 0. The third kappa shape index (κ3) is 3.19. The average Bonchev–Trinajstić information content (AvgIpc) is 2.30. The van der Waals surface area contributed by atoms with Gasteiger partial charge in [0.2, 0.25) is 0 Å². The molecule has 2 saturated carbocycles. The molecule has 0 aliphatic heterocycles. The first-order valence-electron chi connectivity index (χ1n) is 6.87. The lowest BCUT2D eigenvalue weighted by atomic mass is 9.85. The molecule has 0 bridgehead atoms. The van der Waals surface area contributed by atoms with Crippen molar-refractivity contribution in [2.75, 3.05) is 6.54 Å². The Morgan fingerprint density at radius 2 is 1.44 bits per heavy atom. The summed E-state index contributed by atoms with van der Waals surface area (Å²) in [7, 11) is 0. The molecule has 0 aromatic carbocycles. The van der Waals surface area contributed by atoms with E-state index in [4.69, 9.17) is 0 Å². The number of aliphatic hydroxyl groups is 2. The molecule has 16 heavy (non-hydrogen) atoms. The Bertz CT molecular complexity index is 188. The maximum absolute atomic E-state index is 9.86. The molecule has 3 nitrogen and oxygen atoms in total. The number of rotatable bonds is 3. The minimum Gasteiger partial charge on any atom is -0.393 e. The van der Waals surface area contributed by atoms with Crippen LogP contribution >= 0.6 is 0 Å². The molecule has 0 radical (unpaired) electrons. The van der Waals surface area contributed by atoms with Gasteiger partial charge in [-0.3, -0.25) is 0 Å². The Labute approximate surface area is 98.2 Å². The van der Waals surface area contributed by atoms with E-state index in [0.29, 0.717) is 5.92 Å². The molecule has 0 heterocycles. The van der Waals surface area contributed by atoms with Gasteiger partial charge in [-0.25, -0.2) is 0 Å². The molecule has 2 aliphatic rings. The van der Waals surface area contributed by atoms with E-state index >= 15 is 0 Å². The molecule has 3 heteroatoms. The summed E-state index contributed by atoms with van der Waals surface area (Å²) in [6, 6.07) is 0.267. The molecule has 2 aliphatic carbocycles. The van der Waals surface area contributed by atoms with E-state index < -0.39 is 0 Å². The van der Waals surface area contributed by atoms with Crippen molar-refractivity contribution >= 4 is 0 Å².